The maximum absolute atomic E-state index is 14.0. The Hall–Kier alpha value is -3.38. The molecule has 2 N–H and O–H groups in total. The zero-order chi connectivity index (χ0) is 29.3. The van der Waals surface area contributed by atoms with Gasteiger partial charge in [0.15, 0.2) is 0 Å². The summed E-state index contributed by atoms with van der Waals surface area (Å²) in [6.07, 6.45) is -1.72. The summed E-state index contributed by atoms with van der Waals surface area (Å²) >= 11 is 1.28. The third-order valence-corrected chi connectivity index (χ3v) is 9.78. The minimum Gasteiger partial charge on any atom is -0.324 e. The number of halogens is 3. The van der Waals surface area contributed by atoms with Gasteiger partial charge in [0.05, 0.1) is 40.0 Å². The smallest absolute Gasteiger partial charge is 0.324 e. The molecule has 8 nitrogen and oxygen atoms in total. The number of hydrogen-bond acceptors (Lipinski definition) is 7. The van der Waals surface area contributed by atoms with Crippen molar-refractivity contribution in [1.82, 2.24) is 20.2 Å². The number of carbonyl (C=O) groups is 3. The van der Waals surface area contributed by atoms with Crippen LogP contribution in [0.25, 0.3) is 21.3 Å². The molecule has 0 spiro atoms. The van der Waals surface area contributed by atoms with E-state index in [0.29, 0.717) is 46.6 Å². The van der Waals surface area contributed by atoms with Gasteiger partial charge in [0.2, 0.25) is 17.7 Å². The van der Waals surface area contributed by atoms with Crippen LogP contribution >= 0.6 is 11.3 Å². The van der Waals surface area contributed by atoms with Gasteiger partial charge in [-0.2, -0.15) is 13.2 Å². The number of aryl methyl sites for hydroxylation is 1. The summed E-state index contributed by atoms with van der Waals surface area (Å²) in [5.41, 5.74) is 0.268. The van der Waals surface area contributed by atoms with Gasteiger partial charge >= 0.3 is 6.18 Å². The van der Waals surface area contributed by atoms with Gasteiger partial charge in [-0.1, -0.05) is 20.8 Å². The van der Waals surface area contributed by atoms with Crippen LogP contribution in [0.5, 0.6) is 0 Å². The summed E-state index contributed by atoms with van der Waals surface area (Å²) in [7, 11) is 0. The highest BCUT2D eigenvalue weighted by atomic mass is 32.1. The fourth-order valence-electron chi connectivity index (χ4n) is 6.25. The first-order valence-electron chi connectivity index (χ1n) is 13.8. The van der Waals surface area contributed by atoms with E-state index < -0.39 is 11.9 Å². The first-order chi connectivity index (χ1) is 19.4. The number of nitrogens with zero attached hydrogens (tertiary/aromatic N) is 3. The maximum Gasteiger partial charge on any atom is 0.433 e. The lowest BCUT2D eigenvalue weighted by atomic mass is 9.96. The van der Waals surface area contributed by atoms with Crippen molar-refractivity contribution < 1.29 is 27.6 Å². The number of thiophene rings is 1. The summed E-state index contributed by atoms with van der Waals surface area (Å²) in [5.74, 6) is -1.46. The van der Waals surface area contributed by atoms with Crippen LogP contribution < -0.4 is 10.6 Å². The standard InChI is InChI=1S/C29H30F3N5O3S/c1-4-18-23(36-25(38)14-5-8-33-9-6-14)17(12-20(35-18)29(30,31)32)16-7-10-34-19-11-15(41-24(16)19)13-37-26(39)21-22(27(37)40)28(21,2)3/h7,10-12,14,21-22,33H,4-6,8-9,13H2,1-3H3,(H,36,38). The number of anilines is 1. The Kier molecular flexibility index (Phi) is 6.68. The molecule has 0 aromatic carbocycles. The molecule has 2 aliphatic heterocycles. The molecule has 2 saturated heterocycles. The van der Waals surface area contributed by atoms with Crippen molar-refractivity contribution in [1.29, 1.82) is 0 Å². The summed E-state index contributed by atoms with van der Waals surface area (Å²) < 4.78 is 42.5. The second-order valence-electron chi connectivity index (χ2n) is 11.6. The molecule has 6 rings (SSSR count). The van der Waals surface area contributed by atoms with Crippen molar-refractivity contribution in [3.05, 3.63) is 40.7 Å². The second kappa shape index (κ2) is 9.87. The predicted octanol–water partition coefficient (Wildman–Crippen LogP) is 5.02. The van der Waals surface area contributed by atoms with Crippen molar-refractivity contribution in [3.63, 3.8) is 0 Å². The average molecular weight is 586 g/mol. The lowest BCUT2D eigenvalue weighted by Gasteiger charge is -2.24. The Morgan fingerprint density at radius 3 is 2.46 bits per heavy atom. The van der Waals surface area contributed by atoms with Crippen molar-refractivity contribution in [3.8, 4) is 11.1 Å². The first kappa shape index (κ1) is 27.8. The lowest BCUT2D eigenvalue weighted by Crippen LogP contribution is -2.35. The number of hydrogen-bond donors (Lipinski definition) is 2. The molecule has 3 amide bonds. The highest BCUT2D eigenvalue weighted by Crippen LogP contribution is 2.63. The summed E-state index contributed by atoms with van der Waals surface area (Å²) in [5, 5.41) is 6.14. The summed E-state index contributed by atoms with van der Waals surface area (Å²) in [6, 6.07) is 4.37. The Morgan fingerprint density at radius 1 is 1.15 bits per heavy atom. The van der Waals surface area contributed by atoms with E-state index in [1.54, 1.807) is 19.1 Å². The molecular weight excluding hydrogens is 555 g/mol. The number of fused-ring (bicyclic) bond motifs is 2. The average Bonchev–Trinajstić information content (AvgIpc) is 3.17. The number of rotatable bonds is 6. The number of carbonyl (C=O) groups excluding carboxylic acids is 3. The minimum absolute atomic E-state index is 0.0882. The van der Waals surface area contributed by atoms with Crippen molar-refractivity contribution >= 4 is 45.0 Å². The van der Waals surface area contributed by atoms with Crippen LogP contribution in [-0.2, 0) is 33.5 Å². The molecule has 12 heteroatoms. The highest BCUT2D eigenvalue weighted by molar-refractivity contribution is 7.19. The third kappa shape index (κ3) is 4.70. The molecule has 0 bridgehead atoms. The Labute approximate surface area is 238 Å². The largest absolute Gasteiger partial charge is 0.433 e. The van der Waals surface area contributed by atoms with Gasteiger partial charge < -0.3 is 10.6 Å². The number of pyridine rings is 2. The number of aromatic nitrogens is 2. The van der Waals surface area contributed by atoms with Crippen LogP contribution in [0.1, 0.15) is 49.9 Å². The van der Waals surface area contributed by atoms with Crippen molar-refractivity contribution in [2.75, 3.05) is 18.4 Å². The van der Waals surface area contributed by atoms with Crippen LogP contribution in [0.4, 0.5) is 18.9 Å². The van der Waals surface area contributed by atoms with E-state index in [-0.39, 0.29) is 70.8 Å². The van der Waals surface area contributed by atoms with Gasteiger partial charge in [-0.3, -0.25) is 24.3 Å². The Morgan fingerprint density at radius 2 is 1.83 bits per heavy atom. The lowest BCUT2D eigenvalue weighted by molar-refractivity contribution is -0.144. The molecule has 3 aliphatic rings. The fourth-order valence-corrected chi connectivity index (χ4v) is 7.38. The molecule has 216 valence electrons. The van der Waals surface area contributed by atoms with Gasteiger partial charge in [0, 0.05) is 28.1 Å². The molecule has 2 unspecified atom stereocenters. The van der Waals surface area contributed by atoms with Gasteiger partial charge in [-0.25, -0.2) is 4.98 Å². The number of likely N-dealkylation sites (tertiary alicyclic amines) is 1. The Bertz CT molecular complexity index is 1550. The van der Waals surface area contributed by atoms with E-state index in [0.717, 1.165) is 6.07 Å². The molecule has 0 radical (unpaired) electrons. The molecular formula is C29H30F3N5O3S. The van der Waals surface area contributed by atoms with Gasteiger partial charge in [0.25, 0.3) is 0 Å². The van der Waals surface area contributed by atoms with E-state index in [4.69, 9.17) is 0 Å². The van der Waals surface area contributed by atoms with Gasteiger partial charge in [-0.05, 0) is 56.0 Å². The monoisotopic (exact) mass is 585 g/mol. The van der Waals surface area contributed by atoms with Crippen LogP contribution in [0.3, 0.4) is 0 Å². The van der Waals surface area contributed by atoms with Gasteiger partial charge in [-0.15, -0.1) is 11.3 Å². The number of piperidine rings is 2. The maximum atomic E-state index is 14.0. The van der Waals surface area contributed by atoms with Crippen LogP contribution in [0, 0.1) is 23.2 Å². The summed E-state index contributed by atoms with van der Waals surface area (Å²) in [4.78, 5) is 49.3. The molecule has 5 heterocycles. The number of nitrogens with one attached hydrogen (secondary N) is 2. The van der Waals surface area contributed by atoms with Crippen LogP contribution in [-0.4, -0.2) is 45.7 Å². The fraction of sp³-hybridized carbons (Fsp3) is 0.483. The zero-order valence-corrected chi connectivity index (χ0v) is 23.7. The number of amides is 3. The molecule has 41 heavy (non-hydrogen) atoms. The third-order valence-electron chi connectivity index (χ3n) is 8.64. The van der Waals surface area contributed by atoms with Crippen molar-refractivity contribution in [2.45, 2.75) is 52.8 Å². The Balaban J connectivity index is 1.41. The molecule has 2 atom stereocenters. The predicted molar refractivity (Wildman–Crippen MR) is 148 cm³/mol. The van der Waals surface area contributed by atoms with E-state index in [2.05, 4.69) is 20.6 Å². The normalized spacial score (nSPS) is 22.3. The van der Waals surface area contributed by atoms with E-state index >= 15 is 0 Å². The van der Waals surface area contributed by atoms with Crippen molar-refractivity contribution in [2.24, 2.45) is 23.2 Å². The zero-order valence-electron chi connectivity index (χ0n) is 22.9. The van der Waals surface area contributed by atoms with E-state index in [1.807, 2.05) is 13.8 Å². The first-order valence-corrected chi connectivity index (χ1v) is 14.6. The van der Waals surface area contributed by atoms with Gasteiger partial charge in [0.1, 0.15) is 5.69 Å². The topological polar surface area (TPSA) is 104 Å². The molecule has 3 fully saturated rings. The highest BCUT2D eigenvalue weighted by Gasteiger charge is 2.72. The van der Waals surface area contributed by atoms with E-state index in [9.17, 15) is 27.6 Å². The number of alkyl halides is 3. The molecule has 1 aliphatic carbocycles. The number of imide groups is 1. The molecule has 3 aromatic rings. The van der Waals surface area contributed by atoms with Crippen LogP contribution in [0.15, 0.2) is 24.4 Å². The van der Waals surface area contributed by atoms with E-state index in [1.165, 1.54) is 22.4 Å². The quantitative estimate of drug-likeness (QED) is 0.394. The SMILES string of the molecule is CCc1nc(C(F)(F)F)cc(-c2ccnc3cc(CN4C(=O)C5C(C4=O)C5(C)C)sc23)c1NC(=O)C1CCNCC1. The molecule has 3 aromatic heterocycles. The summed E-state index contributed by atoms with van der Waals surface area (Å²) in [6.45, 7) is 7.02. The molecule has 1 saturated carbocycles. The minimum atomic E-state index is -4.69. The second-order valence-corrected chi connectivity index (χ2v) is 12.7. The van der Waals surface area contributed by atoms with Crippen LogP contribution in [0.2, 0.25) is 0 Å².